The van der Waals surface area contributed by atoms with E-state index in [1.54, 1.807) is 48.5 Å². The van der Waals surface area contributed by atoms with E-state index < -0.39 is 6.04 Å². The molecule has 42 heavy (non-hydrogen) atoms. The third-order valence-electron chi connectivity index (χ3n) is 6.98. The van der Waals surface area contributed by atoms with Gasteiger partial charge in [0.1, 0.15) is 23.9 Å². The molecular weight excluding hydrogens is 536 g/mol. The van der Waals surface area contributed by atoms with Crippen LogP contribution in [0.25, 0.3) is 11.0 Å². The molecular formula is C31H34N6O5. The number of hydrogen-bond acceptors (Lipinski definition) is 7. The number of benzene rings is 3. The molecule has 1 aliphatic heterocycles. The fourth-order valence-corrected chi connectivity index (χ4v) is 5.03. The zero-order valence-corrected chi connectivity index (χ0v) is 23.7. The number of ether oxygens (including phenoxy) is 2. The lowest BCUT2D eigenvalue weighted by atomic mass is 10.0. The summed E-state index contributed by atoms with van der Waals surface area (Å²) < 4.78 is 12.9. The van der Waals surface area contributed by atoms with E-state index in [1.807, 2.05) is 31.2 Å². The topological polar surface area (TPSA) is 128 Å². The summed E-state index contributed by atoms with van der Waals surface area (Å²) in [5.41, 5.74) is 3.01. The third-order valence-corrected chi connectivity index (χ3v) is 6.98. The number of carbonyl (C=O) groups excluding carboxylic acids is 3. The largest absolute Gasteiger partial charge is 0.494 e. The van der Waals surface area contributed by atoms with Gasteiger partial charge in [0.25, 0.3) is 0 Å². The Labute approximate surface area is 243 Å². The van der Waals surface area contributed by atoms with Crippen LogP contribution in [0.3, 0.4) is 0 Å². The monoisotopic (exact) mass is 570 g/mol. The molecule has 1 fully saturated rings. The van der Waals surface area contributed by atoms with Crippen LogP contribution in [-0.4, -0.2) is 58.6 Å². The molecule has 1 aromatic heterocycles. The van der Waals surface area contributed by atoms with Gasteiger partial charge in [-0.05, 0) is 73.9 Å². The molecule has 218 valence electrons. The fraction of sp³-hybridized carbons (Fsp3) is 0.323. The number of amides is 3. The van der Waals surface area contributed by atoms with Crippen molar-refractivity contribution < 1.29 is 23.9 Å². The minimum absolute atomic E-state index is 0.0717. The summed E-state index contributed by atoms with van der Waals surface area (Å²) in [5, 5.41) is 14.1. The van der Waals surface area contributed by atoms with Gasteiger partial charge >= 0.3 is 0 Å². The van der Waals surface area contributed by atoms with E-state index in [2.05, 4.69) is 20.9 Å². The Bertz CT molecular complexity index is 1530. The van der Waals surface area contributed by atoms with E-state index in [0.717, 1.165) is 12.8 Å². The lowest BCUT2D eigenvalue weighted by Gasteiger charge is -2.32. The van der Waals surface area contributed by atoms with Crippen LogP contribution in [0.2, 0.25) is 0 Å². The molecule has 5 rings (SSSR count). The van der Waals surface area contributed by atoms with E-state index >= 15 is 0 Å². The summed E-state index contributed by atoms with van der Waals surface area (Å²) >= 11 is 0. The van der Waals surface area contributed by atoms with Gasteiger partial charge in [0.15, 0.2) is 0 Å². The predicted octanol–water partition coefficient (Wildman–Crippen LogP) is 3.86. The summed E-state index contributed by atoms with van der Waals surface area (Å²) in [6.45, 7) is 4.67. The highest BCUT2D eigenvalue weighted by atomic mass is 16.5. The molecule has 0 radical (unpaired) electrons. The van der Waals surface area contributed by atoms with Crippen molar-refractivity contribution in [1.29, 1.82) is 0 Å². The number of anilines is 2. The fourth-order valence-electron chi connectivity index (χ4n) is 5.03. The quantitative estimate of drug-likeness (QED) is 0.280. The molecule has 0 aliphatic carbocycles. The summed E-state index contributed by atoms with van der Waals surface area (Å²) in [6, 6.07) is 20.3. The van der Waals surface area contributed by atoms with Crippen LogP contribution in [0.4, 0.5) is 11.4 Å². The molecule has 3 aromatic carbocycles. The molecule has 2 unspecified atom stereocenters. The lowest BCUT2D eigenvalue weighted by Crippen LogP contribution is -2.46. The highest BCUT2D eigenvalue weighted by Crippen LogP contribution is 2.31. The summed E-state index contributed by atoms with van der Waals surface area (Å²) in [6.07, 6.45) is 1.73. The molecule has 2 N–H and O–H groups in total. The zero-order valence-electron chi connectivity index (χ0n) is 23.7. The van der Waals surface area contributed by atoms with Crippen molar-refractivity contribution >= 4 is 40.1 Å². The first-order chi connectivity index (χ1) is 20.4. The van der Waals surface area contributed by atoms with Gasteiger partial charge < -0.3 is 20.1 Å². The first-order valence-corrected chi connectivity index (χ1v) is 14.0. The van der Waals surface area contributed by atoms with Crippen molar-refractivity contribution in [2.75, 3.05) is 30.0 Å². The van der Waals surface area contributed by atoms with Crippen molar-refractivity contribution in [1.82, 2.24) is 20.3 Å². The van der Waals surface area contributed by atoms with Crippen LogP contribution in [-0.2, 0) is 25.7 Å². The SMILES string of the molecule is CCOc1ccc(C(C(=O)NCC2CCCO2)N(C(=O)Cn2nnc3ccccc32)c2ccc(NC(C)=O)cc2)cc1. The number of para-hydroxylation sites is 1. The second kappa shape index (κ2) is 13.3. The maximum atomic E-state index is 14.2. The van der Waals surface area contributed by atoms with E-state index in [-0.39, 0.29) is 30.4 Å². The maximum Gasteiger partial charge on any atom is 0.249 e. The number of nitrogens with one attached hydrogen (secondary N) is 2. The minimum atomic E-state index is -1.02. The van der Waals surface area contributed by atoms with Crippen molar-refractivity contribution in [3.8, 4) is 5.75 Å². The van der Waals surface area contributed by atoms with Gasteiger partial charge in [-0.25, -0.2) is 4.68 Å². The average molecular weight is 571 g/mol. The molecule has 11 heteroatoms. The van der Waals surface area contributed by atoms with Crippen molar-refractivity contribution in [3.63, 3.8) is 0 Å². The Balaban J connectivity index is 1.54. The van der Waals surface area contributed by atoms with Crippen LogP contribution in [0.1, 0.15) is 38.3 Å². The molecule has 0 spiro atoms. The highest BCUT2D eigenvalue weighted by molar-refractivity contribution is 6.02. The van der Waals surface area contributed by atoms with Crippen LogP contribution in [0.15, 0.2) is 72.8 Å². The van der Waals surface area contributed by atoms with Crippen molar-refractivity contribution in [2.45, 2.75) is 45.4 Å². The highest BCUT2D eigenvalue weighted by Gasteiger charge is 2.34. The van der Waals surface area contributed by atoms with Crippen molar-refractivity contribution in [3.05, 3.63) is 78.4 Å². The number of nitrogens with zero attached hydrogens (tertiary/aromatic N) is 4. The smallest absolute Gasteiger partial charge is 0.249 e. The van der Waals surface area contributed by atoms with Crippen molar-refractivity contribution in [2.24, 2.45) is 0 Å². The molecule has 1 aliphatic rings. The predicted molar refractivity (Wildman–Crippen MR) is 158 cm³/mol. The Hall–Kier alpha value is -4.77. The van der Waals surface area contributed by atoms with Crippen LogP contribution < -0.4 is 20.3 Å². The zero-order chi connectivity index (χ0) is 29.5. The van der Waals surface area contributed by atoms with Gasteiger partial charge in [0, 0.05) is 31.5 Å². The second-order valence-corrected chi connectivity index (χ2v) is 10.0. The Morgan fingerprint density at radius 2 is 1.83 bits per heavy atom. The Morgan fingerprint density at radius 3 is 2.52 bits per heavy atom. The summed E-state index contributed by atoms with van der Waals surface area (Å²) in [7, 11) is 0. The number of hydrogen-bond donors (Lipinski definition) is 2. The molecule has 2 heterocycles. The lowest BCUT2D eigenvalue weighted by molar-refractivity contribution is -0.127. The molecule has 3 amide bonds. The van der Waals surface area contributed by atoms with Crippen LogP contribution in [0.5, 0.6) is 5.75 Å². The van der Waals surface area contributed by atoms with Crippen LogP contribution in [0, 0.1) is 0 Å². The van der Waals surface area contributed by atoms with E-state index in [0.29, 0.717) is 53.5 Å². The molecule has 2 atom stereocenters. The molecule has 0 saturated carbocycles. The van der Waals surface area contributed by atoms with Gasteiger partial charge in [-0.1, -0.05) is 29.5 Å². The second-order valence-electron chi connectivity index (χ2n) is 10.0. The van der Waals surface area contributed by atoms with E-state index in [4.69, 9.17) is 9.47 Å². The van der Waals surface area contributed by atoms with Crippen LogP contribution >= 0.6 is 0 Å². The normalized spacial score (nSPS) is 15.2. The first kappa shape index (κ1) is 28.7. The van der Waals surface area contributed by atoms with Gasteiger partial charge in [-0.2, -0.15) is 0 Å². The molecule has 0 bridgehead atoms. The summed E-state index contributed by atoms with van der Waals surface area (Å²) in [4.78, 5) is 41.2. The standard InChI is InChI=1S/C31H34N6O5/c1-3-41-25-16-10-22(11-17-25)30(31(40)32-19-26-7-6-18-42-26)37(24-14-12-23(13-15-24)33-21(2)38)29(39)20-36-28-9-5-4-8-27(28)34-35-36/h4-5,8-17,26,30H,3,6-7,18-20H2,1-2H3,(H,32,40)(H,33,38). The van der Waals surface area contributed by atoms with Gasteiger partial charge in [0.2, 0.25) is 17.7 Å². The molecule has 4 aromatic rings. The van der Waals surface area contributed by atoms with E-state index in [1.165, 1.54) is 16.5 Å². The Morgan fingerprint density at radius 1 is 1.07 bits per heavy atom. The molecule has 1 saturated heterocycles. The minimum Gasteiger partial charge on any atom is -0.494 e. The number of aromatic nitrogens is 3. The summed E-state index contributed by atoms with van der Waals surface area (Å²) in [5.74, 6) is -0.276. The average Bonchev–Trinajstić information content (AvgIpc) is 3.66. The van der Waals surface area contributed by atoms with Gasteiger partial charge in [0.05, 0.1) is 18.2 Å². The molecule has 11 nitrogen and oxygen atoms in total. The van der Waals surface area contributed by atoms with Gasteiger partial charge in [-0.15, -0.1) is 5.10 Å². The van der Waals surface area contributed by atoms with Gasteiger partial charge in [-0.3, -0.25) is 19.3 Å². The third kappa shape index (κ3) is 6.74. The number of carbonyl (C=O) groups is 3. The Kier molecular flexibility index (Phi) is 9.08. The first-order valence-electron chi connectivity index (χ1n) is 14.0. The van der Waals surface area contributed by atoms with E-state index in [9.17, 15) is 14.4 Å². The number of fused-ring (bicyclic) bond motifs is 1. The number of rotatable bonds is 11. The maximum absolute atomic E-state index is 14.2.